The van der Waals surface area contributed by atoms with Crippen LogP contribution in [-0.4, -0.2) is 16.5 Å². The summed E-state index contributed by atoms with van der Waals surface area (Å²) in [5.41, 5.74) is -0.387. The molecule has 1 nitrogen and oxygen atoms in total. The number of hydrogen-bond donors (Lipinski definition) is 1. The van der Waals surface area contributed by atoms with Gasteiger partial charge in [-0.15, -0.1) is 11.8 Å². The summed E-state index contributed by atoms with van der Waals surface area (Å²) in [6.07, 6.45) is 4.26. The third kappa shape index (κ3) is 2.61. The highest BCUT2D eigenvalue weighted by Gasteiger charge is 2.39. The monoisotopic (exact) mass is 236 g/mol. The first-order valence-electron chi connectivity index (χ1n) is 6.15. The summed E-state index contributed by atoms with van der Waals surface area (Å²) in [6, 6.07) is 10.5. The fraction of sp³-hybridized carbons (Fsp3) is 0.571. The number of thioether (sulfide) groups is 1. The Hall–Kier alpha value is -0.470. The summed E-state index contributed by atoms with van der Waals surface area (Å²) in [5.74, 6) is 1.52. The molecule has 0 saturated heterocycles. The molecule has 1 aromatic rings. The quantitative estimate of drug-likeness (QED) is 0.804. The van der Waals surface area contributed by atoms with E-state index >= 15 is 0 Å². The molecule has 0 radical (unpaired) electrons. The number of aliphatic hydroxyl groups is 1. The van der Waals surface area contributed by atoms with E-state index < -0.39 is 0 Å². The molecule has 1 saturated carbocycles. The smallest absolute Gasteiger partial charge is 0.0681 e. The van der Waals surface area contributed by atoms with Crippen LogP contribution in [0.1, 0.15) is 32.6 Å². The van der Waals surface area contributed by atoms with Gasteiger partial charge in [-0.25, -0.2) is 0 Å². The maximum absolute atomic E-state index is 10.4. The lowest BCUT2D eigenvalue weighted by Crippen LogP contribution is -2.33. The molecular formula is C14H20OS. The molecule has 2 heteroatoms. The van der Waals surface area contributed by atoms with E-state index in [1.807, 2.05) is 17.8 Å². The summed E-state index contributed by atoms with van der Waals surface area (Å²) in [5, 5.41) is 10.4. The van der Waals surface area contributed by atoms with E-state index in [9.17, 15) is 5.11 Å². The van der Waals surface area contributed by atoms with Gasteiger partial charge in [0.05, 0.1) is 5.60 Å². The van der Waals surface area contributed by atoms with Gasteiger partial charge in [-0.1, -0.05) is 31.5 Å². The molecular weight excluding hydrogens is 216 g/mol. The molecule has 1 N–H and O–H groups in total. The molecule has 0 spiro atoms. The van der Waals surface area contributed by atoms with Crippen LogP contribution in [0, 0.1) is 5.92 Å². The second-order valence-corrected chi connectivity index (χ2v) is 5.76. The molecule has 0 heterocycles. The van der Waals surface area contributed by atoms with Crippen molar-refractivity contribution < 1.29 is 5.11 Å². The van der Waals surface area contributed by atoms with E-state index in [0.29, 0.717) is 5.92 Å². The van der Waals surface area contributed by atoms with Crippen molar-refractivity contribution in [1.29, 1.82) is 0 Å². The van der Waals surface area contributed by atoms with Crippen molar-refractivity contribution in [3.05, 3.63) is 30.3 Å². The third-order valence-electron chi connectivity index (χ3n) is 3.73. The van der Waals surface area contributed by atoms with Crippen LogP contribution >= 0.6 is 11.8 Å². The van der Waals surface area contributed by atoms with Gasteiger partial charge in [0.1, 0.15) is 0 Å². The Balaban J connectivity index is 1.91. The summed E-state index contributed by atoms with van der Waals surface area (Å²) < 4.78 is 0. The molecule has 0 amide bonds. The van der Waals surface area contributed by atoms with Crippen LogP contribution in [0.3, 0.4) is 0 Å². The van der Waals surface area contributed by atoms with Gasteiger partial charge in [0.2, 0.25) is 0 Å². The zero-order valence-corrected chi connectivity index (χ0v) is 10.7. The van der Waals surface area contributed by atoms with E-state index in [-0.39, 0.29) is 5.60 Å². The fourth-order valence-electron chi connectivity index (χ4n) is 2.54. The molecule has 2 rings (SSSR count). The molecule has 88 valence electrons. The minimum Gasteiger partial charge on any atom is -0.390 e. The van der Waals surface area contributed by atoms with E-state index in [2.05, 4.69) is 31.2 Å². The molecule has 2 unspecified atom stereocenters. The summed E-state index contributed by atoms with van der Waals surface area (Å²) >= 11 is 1.88. The van der Waals surface area contributed by atoms with Gasteiger partial charge in [-0.05, 0) is 37.3 Å². The number of hydrogen-bond acceptors (Lipinski definition) is 2. The zero-order valence-electron chi connectivity index (χ0n) is 9.86. The molecule has 1 aliphatic carbocycles. The van der Waals surface area contributed by atoms with Crippen LogP contribution in [0.4, 0.5) is 0 Å². The van der Waals surface area contributed by atoms with Crippen LogP contribution in [0.15, 0.2) is 35.2 Å². The Bertz CT molecular complexity index is 325. The molecule has 16 heavy (non-hydrogen) atoms. The first kappa shape index (κ1) is 12.0. The Labute approximate surface area is 102 Å². The average Bonchev–Trinajstić information content (AvgIpc) is 2.70. The van der Waals surface area contributed by atoms with Crippen molar-refractivity contribution in [3.8, 4) is 0 Å². The standard InChI is InChI=1S/C14H20OS/c1-2-14(15)10-6-7-12(14)11-16-13-8-4-3-5-9-13/h3-5,8-9,12,15H,2,6-7,10-11H2,1H3. The molecule has 2 atom stereocenters. The third-order valence-corrected chi connectivity index (χ3v) is 4.90. The summed E-state index contributed by atoms with van der Waals surface area (Å²) in [6.45, 7) is 2.10. The minimum atomic E-state index is -0.387. The molecule has 0 bridgehead atoms. The fourth-order valence-corrected chi connectivity index (χ4v) is 3.76. The zero-order chi connectivity index (χ0) is 11.4. The van der Waals surface area contributed by atoms with Gasteiger partial charge in [-0.2, -0.15) is 0 Å². The summed E-state index contributed by atoms with van der Waals surface area (Å²) in [7, 11) is 0. The predicted octanol–water partition coefficient (Wildman–Crippen LogP) is 3.72. The Kier molecular flexibility index (Phi) is 3.93. The van der Waals surface area contributed by atoms with Crippen molar-refractivity contribution in [2.75, 3.05) is 5.75 Å². The Morgan fingerprint density at radius 2 is 2.12 bits per heavy atom. The lowest BCUT2D eigenvalue weighted by atomic mass is 9.90. The van der Waals surface area contributed by atoms with Crippen molar-refractivity contribution in [3.63, 3.8) is 0 Å². The molecule has 1 aromatic carbocycles. The topological polar surface area (TPSA) is 20.2 Å². The molecule has 1 fully saturated rings. The van der Waals surface area contributed by atoms with E-state index in [1.54, 1.807) is 0 Å². The lowest BCUT2D eigenvalue weighted by molar-refractivity contribution is 0.00735. The Morgan fingerprint density at radius 1 is 1.38 bits per heavy atom. The first-order valence-corrected chi connectivity index (χ1v) is 7.13. The van der Waals surface area contributed by atoms with Gasteiger partial charge in [0.25, 0.3) is 0 Å². The SMILES string of the molecule is CCC1(O)CCCC1CSc1ccccc1. The van der Waals surface area contributed by atoms with Crippen molar-refractivity contribution in [1.82, 2.24) is 0 Å². The van der Waals surface area contributed by atoms with Crippen LogP contribution in [0.5, 0.6) is 0 Å². The second-order valence-electron chi connectivity index (χ2n) is 4.67. The lowest BCUT2D eigenvalue weighted by Gasteiger charge is -2.28. The van der Waals surface area contributed by atoms with E-state index in [0.717, 1.165) is 18.6 Å². The van der Waals surface area contributed by atoms with Crippen LogP contribution < -0.4 is 0 Å². The van der Waals surface area contributed by atoms with Gasteiger partial charge >= 0.3 is 0 Å². The second kappa shape index (κ2) is 5.24. The highest BCUT2D eigenvalue weighted by molar-refractivity contribution is 7.99. The average molecular weight is 236 g/mol. The largest absolute Gasteiger partial charge is 0.390 e. The van der Waals surface area contributed by atoms with E-state index in [4.69, 9.17) is 0 Å². The minimum absolute atomic E-state index is 0.387. The first-order chi connectivity index (χ1) is 7.74. The van der Waals surface area contributed by atoms with E-state index in [1.165, 1.54) is 17.7 Å². The number of benzene rings is 1. The maximum atomic E-state index is 10.4. The van der Waals surface area contributed by atoms with Crippen molar-refractivity contribution in [2.24, 2.45) is 5.92 Å². The summed E-state index contributed by atoms with van der Waals surface area (Å²) in [4.78, 5) is 1.31. The van der Waals surface area contributed by atoms with Crippen molar-refractivity contribution in [2.45, 2.75) is 43.1 Å². The Morgan fingerprint density at radius 3 is 2.81 bits per heavy atom. The number of rotatable bonds is 4. The van der Waals surface area contributed by atoms with Gasteiger partial charge < -0.3 is 5.11 Å². The van der Waals surface area contributed by atoms with Gasteiger partial charge in [0.15, 0.2) is 0 Å². The van der Waals surface area contributed by atoms with Crippen LogP contribution in [0.25, 0.3) is 0 Å². The highest BCUT2D eigenvalue weighted by atomic mass is 32.2. The van der Waals surface area contributed by atoms with Crippen LogP contribution in [0.2, 0.25) is 0 Å². The van der Waals surface area contributed by atoms with Crippen LogP contribution in [-0.2, 0) is 0 Å². The maximum Gasteiger partial charge on any atom is 0.0681 e. The molecule has 0 aromatic heterocycles. The predicted molar refractivity (Wildman–Crippen MR) is 69.7 cm³/mol. The molecule has 1 aliphatic rings. The van der Waals surface area contributed by atoms with Gasteiger partial charge in [0, 0.05) is 10.6 Å². The van der Waals surface area contributed by atoms with Crippen molar-refractivity contribution >= 4 is 11.8 Å². The van der Waals surface area contributed by atoms with Gasteiger partial charge in [-0.3, -0.25) is 0 Å². The highest BCUT2D eigenvalue weighted by Crippen LogP contribution is 2.40. The molecule has 0 aliphatic heterocycles. The normalized spacial score (nSPS) is 29.5.